The van der Waals surface area contributed by atoms with Crippen LogP contribution >= 0.6 is 0 Å². The summed E-state index contributed by atoms with van der Waals surface area (Å²) in [6.45, 7) is 0. The van der Waals surface area contributed by atoms with Crippen molar-refractivity contribution in [2.24, 2.45) is 0 Å². The van der Waals surface area contributed by atoms with Crippen molar-refractivity contribution < 1.29 is 0 Å². The highest BCUT2D eigenvalue weighted by atomic mass is 14.7. The van der Waals surface area contributed by atoms with Crippen molar-refractivity contribution >= 4 is 5.69 Å². The summed E-state index contributed by atoms with van der Waals surface area (Å²) in [7, 11) is 0. The van der Waals surface area contributed by atoms with Gasteiger partial charge in [-0.2, -0.15) is 0 Å². The third-order valence-electron chi connectivity index (χ3n) is 4.07. The second-order valence-electron chi connectivity index (χ2n) is 5.43. The second-order valence-corrected chi connectivity index (χ2v) is 5.43. The van der Waals surface area contributed by atoms with Gasteiger partial charge in [0.15, 0.2) is 0 Å². The molecule has 2 aromatic rings. The fourth-order valence-corrected chi connectivity index (χ4v) is 2.97. The molecule has 1 aliphatic rings. The molecule has 1 aromatic heterocycles. The van der Waals surface area contributed by atoms with Gasteiger partial charge in [0, 0.05) is 17.4 Å². The molecule has 0 saturated heterocycles. The van der Waals surface area contributed by atoms with Crippen LogP contribution < -0.4 is 5.73 Å². The largest absolute Gasteiger partial charge is 0.399 e. The maximum Gasteiger partial charge on any atom is 0.0722 e. The normalized spacial score (nSPS) is 16.4. The lowest BCUT2D eigenvalue weighted by Gasteiger charge is -2.22. The van der Waals surface area contributed by atoms with Gasteiger partial charge in [0.25, 0.3) is 0 Å². The molecule has 1 heterocycles. The van der Waals surface area contributed by atoms with Gasteiger partial charge in [-0.25, -0.2) is 0 Å². The van der Waals surface area contributed by atoms with Gasteiger partial charge in [-0.3, -0.25) is 4.98 Å². The first-order valence-electron chi connectivity index (χ1n) is 7.15. The van der Waals surface area contributed by atoms with E-state index in [0.29, 0.717) is 0 Å². The number of nitrogens with two attached hydrogens (primary N) is 1. The topological polar surface area (TPSA) is 38.9 Å². The molecular weight excluding hydrogens is 232 g/mol. The van der Waals surface area contributed by atoms with Crippen molar-refractivity contribution in [2.45, 2.75) is 38.0 Å². The molecule has 0 bridgehead atoms. The fourth-order valence-electron chi connectivity index (χ4n) is 2.97. The lowest BCUT2D eigenvalue weighted by Crippen LogP contribution is -2.04. The summed E-state index contributed by atoms with van der Waals surface area (Å²) in [5.41, 5.74) is 10.1. The predicted octanol–water partition coefficient (Wildman–Crippen LogP) is 4.38. The summed E-state index contributed by atoms with van der Waals surface area (Å²) in [4.78, 5) is 4.37. The third kappa shape index (κ3) is 2.78. The van der Waals surface area contributed by atoms with Crippen LogP contribution in [-0.2, 0) is 0 Å². The number of nitrogens with zero attached hydrogens (tertiary/aromatic N) is 1. The summed E-state index contributed by atoms with van der Waals surface area (Å²) in [6.07, 6.45) is 8.61. The molecule has 0 spiro atoms. The van der Waals surface area contributed by atoms with E-state index in [1.807, 2.05) is 12.1 Å². The number of hydrogen-bond acceptors (Lipinski definition) is 2. The van der Waals surface area contributed by atoms with E-state index < -0.39 is 0 Å². The zero-order valence-corrected chi connectivity index (χ0v) is 11.2. The SMILES string of the molecule is Nc1ccnc(-c2ccc(C3CCCCC3)cc2)c1. The molecule has 1 fully saturated rings. The Morgan fingerprint density at radius 3 is 2.37 bits per heavy atom. The van der Waals surface area contributed by atoms with E-state index in [4.69, 9.17) is 5.73 Å². The van der Waals surface area contributed by atoms with Crippen molar-refractivity contribution in [1.82, 2.24) is 4.98 Å². The molecule has 0 radical (unpaired) electrons. The first-order valence-corrected chi connectivity index (χ1v) is 7.15. The van der Waals surface area contributed by atoms with Crippen molar-refractivity contribution in [3.8, 4) is 11.3 Å². The number of anilines is 1. The van der Waals surface area contributed by atoms with E-state index in [9.17, 15) is 0 Å². The summed E-state index contributed by atoms with van der Waals surface area (Å²) < 4.78 is 0. The minimum absolute atomic E-state index is 0.761. The van der Waals surface area contributed by atoms with Crippen LogP contribution in [0.1, 0.15) is 43.6 Å². The molecular formula is C17H20N2. The molecule has 3 rings (SSSR count). The smallest absolute Gasteiger partial charge is 0.0722 e. The van der Waals surface area contributed by atoms with Gasteiger partial charge < -0.3 is 5.73 Å². The summed E-state index contributed by atoms with van der Waals surface area (Å²) >= 11 is 0. The maximum atomic E-state index is 5.80. The van der Waals surface area contributed by atoms with Crippen molar-refractivity contribution in [3.05, 3.63) is 48.2 Å². The highest BCUT2D eigenvalue weighted by Gasteiger charge is 2.15. The van der Waals surface area contributed by atoms with Crippen LogP contribution in [0.4, 0.5) is 5.69 Å². The lowest BCUT2D eigenvalue weighted by atomic mass is 9.84. The van der Waals surface area contributed by atoms with Gasteiger partial charge >= 0.3 is 0 Å². The second kappa shape index (κ2) is 5.43. The minimum atomic E-state index is 0.761. The van der Waals surface area contributed by atoms with E-state index in [1.165, 1.54) is 37.7 Å². The molecule has 98 valence electrons. The van der Waals surface area contributed by atoms with Crippen LogP contribution in [-0.4, -0.2) is 4.98 Å². The van der Waals surface area contributed by atoms with Crippen molar-refractivity contribution in [1.29, 1.82) is 0 Å². The molecule has 2 heteroatoms. The summed E-state index contributed by atoms with van der Waals surface area (Å²) in [5.74, 6) is 0.761. The number of hydrogen-bond donors (Lipinski definition) is 1. The molecule has 1 aliphatic carbocycles. The lowest BCUT2D eigenvalue weighted by molar-refractivity contribution is 0.443. The highest BCUT2D eigenvalue weighted by Crippen LogP contribution is 2.33. The fraction of sp³-hybridized carbons (Fsp3) is 0.353. The van der Waals surface area contributed by atoms with Gasteiger partial charge in [0.05, 0.1) is 5.69 Å². The van der Waals surface area contributed by atoms with Crippen LogP contribution in [0.3, 0.4) is 0 Å². The van der Waals surface area contributed by atoms with E-state index in [0.717, 1.165) is 22.9 Å². The van der Waals surface area contributed by atoms with Crippen molar-refractivity contribution in [3.63, 3.8) is 0 Å². The first kappa shape index (κ1) is 12.2. The molecule has 2 nitrogen and oxygen atoms in total. The Labute approximate surface area is 114 Å². The molecule has 0 atom stereocenters. The van der Waals surface area contributed by atoms with E-state index in [-0.39, 0.29) is 0 Å². The van der Waals surface area contributed by atoms with E-state index in [1.54, 1.807) is 6.20 Å². The van der Waals surface area contributed by atoms with Crippen LogP contribution in [0.25, 0.3) is 11.3 Å². The molecule has 0 aliphatic heterocycles. The average Bonchev–Trinajstić information content (AvgIpc) is 2.48. The Morgan fingerprint density at radius 1 is 0.947 bits per heavy atom. The standard InChI is InChI=1S/C17H20N2/c18-16-10-11-19-17(12-16)15-8-6-14(7-9-15)13-4-2-1-3-5-13/h6-13H,1-5H2,(H2,18,19). The molecule has 0 amide bonds. The van der Waals surface area contributed by atoms with E-state index >= 15 is 0 Å². The van der Waals surface area contributed by atoms with Crippen molar-refractivity contribution in [2.75, 3.05) is 5.73 Å². The van der Waals surface area contributed by atoms with Crippen LogP contribution in [0.5, 0.6) is 0 Å². The molecule has 0 unspecified atom stereocenters. The Balaban J connectivity index is 1.82. The van der Waals surface area contributed by atoms with Crippen LogP contribution in [0, 0.1) is 0 Å². The number of benzene rings is 1. The Bertz CT molecular complexity index is 539. The zero-order chi connectivity index (χ0) is 13.1. The van der Waals surface area contributed by atoms with Gasteiger partial charge in [-0.05, 0) is 36.5 Å². The average molecular weight is 252 g/mol. The first-order chi connectivity index (χ1) is 9.33. The number of pyridine rings is 1. The minimum Gasteiger partial charge on any atom is -0.399 e. The molecule has 19 heavy (non-hydrogen) atoms. The maximum absolute atomic E-state index is 5.80. The van der Waals surface area contributed by atoms with E-state index in [2.05, 4.69) is 29.2 Å². The monoisotopic (exact) mass is 252 g/mol. The molecule has 1 aromatic carbocycles. The van der Waals surface area contributed by atoms with Gasteiger partial charge in [0.2, 0.25) is 0 Å². The Hall–Kier alpha value is -1.83. The van der Waals surface area contributed by atoms with Crippen LogP contribution in [0.15, 0.2) is 42.6 Å². The Morgan fingerprint density at radius 2 is 1.68 bits per heavy atom. The quantitative estimate of drug-likeness (QED) is 0.861. The summed E-state index contributed by atoms with van der Waals surface area (Å²) in [6, 6.07) is 12.6. The highest BCUT2D eigenvalue weighted by molar-refractivity contribution is 5.63. The predicted molar refractivity (Wildman–Crippen MR) is 79.9 cm³/mol. The molecule has 2 N–H and O–H groups in total. The third-order valence-corrected chi connectivity index (χ3v) is 4.07. The zero-order valence-electron chi connectivity index (χ0n) is 11.2. The number of nitrogen functional groups attached to an aromatic ring is 1. The van der Waals surface area contributed by atoms with Crippen LogP contribution in [0.2, 0.25) is 0 Å². The Kier molecular flexibility index (Phi) is 3.49. The van der Waals surface area contributed by atoms with Gasteiger partial charge in [0.1, 0.15) is 0 Å². The van der Waals surface area contributed by atoms with Gasteiger partial charge in [-0.1, -0.05) is 43.5 Å². The summed E-state index contributed by atoms with van der Waals surface area (Å²) in [5, 5.41) is 0. The molecule has 1 saturated carbocycles. The number of rotatable bonds is 2. The number of aromatic nitrogens is 1. The van der Waals surface area contributed by atoms with Gasteiger partial charge in [-0.15, -0.1) is 0 Å².